The first-order chi connectivity index (χ1) is 13.9. The van der Waals surface area contributed by atoms with Crippen molar-refractivity contribution in [2.24, 2.45) is 0 Å². The maximum atomic E-state index is 12.4. The fourth-order valence-electron chi connectivity index (χ4n) is 3.29. The third-order valence-electron chi connectivity index (χ3n) is 4.74. The third kappa shape index (κ3) is 4.73. The maximum Gasteiger partial charge on any atom is 0.355 e. The fraction of sp³-hybridized carbons (Fsp3) is 0.217. The summed E-state index contributed by atoms with van der Waals surface area (Å²) in [4.78, 5) is 27.7. The van der Waals surface area contributed by atoms with Crippen molar-refractivity contribution in [2.75, 3.05) is 5.32 Å². The van der Waals surface area contributed by atoms with Gasteiger partial charge in [0.15, 0.2) is 0 Å². The van der Waals surface area contributed by atoms with Crippen molar-refractivity contribution in [2.45, 2.75) is 33.5 Å². The fourth-order valence-corrected chi connectivity index (χ4v) is 3.29. The first-order valence-corrected chi connectivity index (χ1v) is 9.36. The van der Waals surface area contributed by atoms with Gasteiger partial charge in [0.1, 0.15) is 12.3 Å². The van der Waals surface area contributed by atoms with Gasteiger partial charge in [-0.05, 0) is 56.2 Å². The molecule has 1 amide bonds. The number of carbonyl (C=O) groups is 2. The summed E-state index contributed by atoms with van der Waals surface area (Å²) in [7, 11) is 0. The number of hydrogen-bond acceptors (Lipinski definition) is 4. The van der Waals surface area contributed by atoms with E-state index in [2.05, 4.69) is 10.3 Å². The van der Waals surface area contributed by atoms with Crippen LogP contribution in [0, 0.1) is 13.8 Å². The number of carbonyl (C=O) groups excluding carboxylic acids is 2. The molecular weight excluding hydrogens is 368 g/mol. The second kappa shape index (κ2) is 8.75. The highest BCUT2D eigenvalue weighted by Gasteiger charge is 2.21. The SMILES string of the molecule is Cc1[nH]c(C(=O)OCc2ccc(C(=O)Nc3ccccc3)cc2)c(C)c1[C@H](C)O. The Balaban J connectivity index is 1.61. The number of aliphatic hydroxyl groups is 1. The van der Waals surface area contributed by atoms with Crippen molar-refractivity contribution >= 4 is 17.6 Å². The number of amides is 1. The summed E-state index contributed by atoms with van der Waals surface area (Å²) in [5, 5.41) is 12.7. The molecule has 0 radical (unpaired) electrons. The molecular formula is C23H24N2O4. The van der Waals surface area contributed by atoms with Crippen LogP contribution in [0.1, 0.15) is 56.3 Å². The van der Waals surface area contributed by atoms with E-state index in [0.29, 0.717) is 22.4 Å². The molecule has 29 heavy (non-hydrogen) atoms. The molecule has 0 unspecified atom stereocenters. The van der Waals surface area contributed by atoms with Gasteiger partial charge < -0.3 is 20.1 Å². The molecule has 0 saturated carbocycles. The standard InChI is InChI=1S/C23H24N2O4/c1-14-20(16(3)26)15(2)24-21(14)23(28)29-13-17-9-11-18(12-10-17)22(27)25-19-7-5-4-6-8-19/h4-12,16,24,26H,13H2,1-3H3,(H,25,27)/t16-/m0/s1. The molecule has 6 heteroatoms. The molecule has 150 valence electrons. The van der Waals surface area contributed by atoms with Crippen molar-refractivity contribution in [1.82, 2.24) is 4.98 Å². The van der Waals surface area contributed by atoms with Crippen molar-refractivity contribution in [1.29, 1.82) is 0 Å². The van der Waals surface area contributed by atoms with E-state index in [1.807, 2.05) is 37.3 Å². The molecule has 3 aromatic rings. The molecule has 0 aliphatic rings. The Morgan fingerprint density at radius 2 is 1.72 bits per heavy atom. The molecule has 1 heterocycles. The van der Waals surface area contributed by atoms with Gasteiger partial charge in [0.25, 0.3) is 5.91 Å². The molecule has 0 aliphatic heterocycles. The molecule has 3 N–H and O–H groups in total. The second-order valence-electron chi connectivity index (χ2n) is 6.93. The molecule has 0 bridgehead atoms. The topological polar surface area (TPSA) is 91.4 Å². The van der Waals surface area contributed by atoms with E-state index in [9.17, 15) is 14.7 Å². The highest BCUT2D eigenvalue weighted by atomic mass is 16.5. The van der Waals surface area contributed by atoms with Crippen LogP contribution >= 0.6 is 0 Å². The van der Waals surface area contributed by atoms with E-state index in [-0.39, 0.29) is 12.5 Å². The Hall–Kier alpha value is -3.38. The number of aromatic nitrogens is 1. The predicted octanol–water partition coefficient (Wildman–Crippen LogP) is 4.29. The van der Waals surface area contributed by atoms with Gasteiger partial charge >= 0.3 is 5.97 Å². The quantitative estimate of drug-likeness (QED) is 0.546. The van der Waals surface area contributed by atoms with Crippen LogP contribution in [0.25, 0.3) is 0 Å². The Kier molecular flexibility index (Phi) is 6.14. The molecule has 0 saturated heterocycles. The number of rotatable bonds is 6. The first-order valence-electron chi connectivity index (χ1n) is 9.36. The molecule has 0 aliphatic carbocycles. The van der Waals surface area contributed by atoms with Crippen molar-refractivity contribution in [3.05, 3.63) is 88.2 Å². The second-order valence-corrected chi connectivity index (χ2v) is 6.93. The summed E-state index contributed by atoms with van der Waals surface area (Å²) < 4.78 is 5.39. The lowest BCUT2D eigenvalue weighted by Crippen LogP contribution is -2.12. The molecule has 2 aromatic carbocycles. The minimum Gasteiger partial charge on any atom is -0.456 e. The number of aliphatic hydroxyl groups excluding tert-OH is 1. The van der Waals surface area contributed by atoms with Crippen LogP contribution in [0.5, 0.6) is 0 Å². The van der Waals surface area contributed by atoms with Crippen molar-refractivity contribution in [3.63, 3.8) is 0 Å². The summed E-state index contributed by atoms with van der Waals surface area (Å²) in [6.07, 6.45) is -0.664. The number of aryl methyl sites for hydroxylation is 1. The van der Waals surface area contributed by atoms with Gasteiger partial charge in [0, 0.05) is 22.5 Å². The predicted molar refractivity (Wildman–Crippen MR) is 111 cm³/mol. The molecule has 6 nitrogen and oxygen atoms in total. The minimum absolute atomic E-state index is 0.0843. The number of H-pyrrole nitrogens is 1. The van der Waals surface area contributed by atoms with E-state index in [0.717, 1.165) is 16.9 Å². The summed E-state index contributed by atoms with van der Waals surface area (Å²) in [6.45, 7) is 5.34. The van der Waals surface area contributed by atoms with Crippen molar-refractivity contribution < 1.29 is 19.4 Å². The largest absolute Gasteiger partial charge is 0.456 e. The maximum absolute atomic E-state index is 12.4. The molecule has 1 aromatic heterocycles. The molecule has 0 fully saturated rings. The van der Waals surface area contributed by atoms with Gasteiger partial charge in [-0.25, -0.2) is 4.79 Å². The van der Waals surface area contributed by atoms with E-state index in [1.165, 1.54) is 0 Å². The minimum atomic E-state index is -0.664. The average molecular weight is 392 g/mol. The lowest BCUT2D eigenvalue weighted by Gasteiger charge is -2.08. The highest BCUT2D eigenvalue weighted by molar-refractivity contribution is 6.04. The van der Waals surface area contributed by atoms with E-state index >= 15 is 0 Å². The summed E-state index contributed by atoms with van der Waals surface area (Å²) in [5.74, 6) is -0.689. The molecule has 0 spiro atoms. The third-order valence-corrected chi connectivity index (χ3v) is 4.74. The van der Waals surface area contributed by atoms with Crippen LogP contribution in [0.15, 0.2) is 54.6 Å². The highest BCUT2D eigenvalue weighted by Crippen LogP contribution is 2.25. The Morgan fingerprint density at radius 1 is 1.07 bits per heavy atom. The Labute approximate surface area is 169 Å². The van der Waals surface area contributed by atoms with E-state index in [1.54, 1.807) is 38.1 Å². The zero-order valence-corrected chi connectivity index (χ0v) is 16.7. The zero-order valence-electron chi connectivity index (χ0n) is 16.7. The van der Waals surface area contributed by atoms with E-state index < -0.39 is 12.1 Å². The zero-order chi connectivity index (χ0) is 21.0. The van der Waals surface area contributed by atoms with E-state index in [4.69, 9.17) is 4.74 Å². The number of nitrogens with one attached hydrogen (secondary N) is 2. The smallest absolute Gasteiger partial charge is 0.355 e. The number of anilines is 1. The number of esters is 1. The van der Waals surface area contributed by atoms with Crippen LogP contribution in [-0.4, -0.2) is 22.0 Å². The van der Waals surface area contributed by atoms with Crippen LogP contribution in [0.3, 0.4) is 0 Å². The van der Waals surface area contributed by atoms with Gasteiger partial charge in [-0.15, -0.1) is 0 Å². The van der Waals surface area contributed by atoms with Gasteiger partial charge in [-0.3, -0.25) is 4.79 Å². The van der Waals surface area contributed by atoms with Crippen LogP contribution in [0.4, 0.5) is 5.69 Å². The number of hydrogen-bond donors (Lipinski definition) is 3. The van der Waals surface area contributed by atoms with Crippen LogP contribution in [-0.2, 0) is 11.3 Å². The Morgan fingerprint density at radius 3 is 2.31 bits per heavy atom. The van der Waals surface area contributed by atoms with Crippen LogP contribution < -0.4 is 5.32 Å². The lowest BCUT2D eigenvalue weighted by molar-refractivity contribution is 0.0465. The normalized spacial score (nSPS) is 11.7. The number of aromatic amines is 1. The van der Waals surface area contributed by atoms with Gasteiger partial charge in [-0.2, -0.15) is 0 Å². The average Bonchev–Trinajstić information content (AvgIpc) is 3.01. The summed E-state index contributed by atoms with van der Waals surface area (Å²) in [5.41, 5.74) is 4.51. The number of para-hydroxylation sites is 1. The summed E-state index contributed by atoms with van der Waals surface area (Å²) in [6, 6.07) is 16.1. The number of benzene rings is 2. The van der Waals surface area contributed by atoms with Crippen molar-refractivity contribution in [3.8, 4) is 0 Å². The van der Waals surface area contributed by atoms with Crippen LogP contribution in [0.2, 0.25) is 0 Å². The van der Waals surface area contributed by atoms with Gasteiger partial charge in [-0.1, -0.05) is 30.3 Å². The number of ether oxygens (including phenoxy) is 1. The lowest BCUT2D eigenvalue weighted by atomic mass is 10.1. The van der Waals surface area contributed by atoms with Gasteiger partial charge in [0.2, 0.25) is 0 Å². The Bertz CT molecular complexity index is 1010. The summed E-state index contributed by atoms with van der Waals surface area (Å²) >= 11 is 0. The molecule has 1 atom stereocenters. The monoisotopic (exact) mass is 392 g/mol. The first kappa shape index (κ1) is 20.4. The molecule has 3 rings (SSSR count). The van der Waals surface area contributed by atoms with Gasteiger partial charge in [0.05, 0.1) is 6.10 Å².